The van der Waals surface area contributed by atoms with Crippen LogP contribution in [0.1, 0.15) is 46.1 Å². The Hall–Kier alpha value is -2.28. The molecule has 3 rings (SSSR count). The van der Waals surface area contributed by atoms with E-state index in [0.29, 0.717) is 25.9 Å². The summed E-state index contributed by atoms with van der Waals surface area (Å²) in [6.45, 7) is 8.55. The van der Waals surface area contributed by atoms with Crippen molar-refractivity contribution in [1.29, 1.82) is 0 Å². The standard InChI is InChI=1S/C20H29N3O4/c1-18(2,3)21-16(24)22-12-10-20(11-13-22)19(4,26)23(17(25)27-20)14-15-8-6-5-7-9-15/h5-9,26H,10-14H2,1-4H3,(H,21,24). The molecule has 1 aromatic rings. The Morgan fingerprint density at radius 1 is 1.22 bits per heavy atom. The number of carbonyl (C=O) groups excluding carboxylic acids is 2. The van der Waals surface area contributed by atoms with Gasteiger partial charge in [0.1, 0.15) is 0 Å². The molecule has 2 saturated heterocycles. The van der Waals surface area contributed by atoms with Gasteiger partial charge in [0.15, 0.2) is 11.3 Å². The lowest BCUT2D eigenvalue weighted by Gasteiger charge is -2.45. The second-order valence-corrected chi connectivity index (χ2v) is 8.62. The summed E-state index contributed by atoms with van der Waals surface area (Å²) in [6.07, 6.45) is 0.278. The van der Waals surface area contributed by atoms with Gasteiger partial charge < -0.3 is 20.1 Å². The minimum absolute atomic E-state index is 0.137. The van der Waals surface area contributed by atoms with Gasteiger partial charge in [0.25, 0.3) is 0 Å². The number of hydrogen-bond acceptors (Lipinski definition) is 4. The van der Waals surface area contributed by atoms with Crippen LogP contribution in [-0.2, 0) is 11.3 Å². The topological polar surface area (TPSA) is 82.1 Å². The van der Waals surface area contributed by atoms with Gasteiger partial charge in [0, 0.05) is 31.5 Å². The average molecular weight is 375 g/mol. The number of carbonyl (C=O) groups is 2. The van der Waals surface area contributed by atoms with Gasteiger partial charge in [-0.3, -0.25) is 4.90 Å². The van der Waals surface area contributed by atoms with Crippen LogP contribution in [-0.4, -0.2) is 57.0 Å². The van der Waals surface area contributed by atoms with Gasteiger partial charge in [0.2, 0.25) is 0 Å². The molecule has 2 aliphatic rings. The Labute approximate surface area is 160 Å². The van der Waals surface area contributed by atoms with E-state index < -0.39 is 17.4 Å². The maximum Gasteiger partial charge on any atom is 0.413 e. The van der Waals surface area contributed by atoms with Crippen molar-refractivity contribution in [2.75, 3.05) is 13.1 Å². The molecule has 148 valence electrons. The van der Waals surface area contributed by atoms with Crippen molar-refractivity contribution in [2.24, 2.45) is 0 Å². The molecule has 27 heavy (non-hydrogen) atoms. The molecule has 1 unspecified atom stereocenters. The third kappa shape index (κ3) is 3.74. The minimum atomic E-state index is -1.44. The Kier molecular flexibility index (Phi) is 4.84. The molecule has 0 aliphatic carbocycles. The van der Waals surface area contributed by atoms with Gasteiger partial charge in [-0.25, -0.2) is 9.59 Å². The highest BCUT2D eigenvalue weighted by Crippen LogP contribution is 2.45. The lowest BCUT2D eigenvalue weighted by molar-refractivity contribution is -0.164. The maximum absolute atomic E-state index is 12.5. The van der Waals surface area contributed by atoms with Crippen LogP contribution in [0.5, 0.6) is 0 Å². The maximum atomic E-state index is 12.5. The third-order valence-electron chi connectivity index (χ3n) is 5.42. The van der Waals surface area contributed by atoms with E-state index in [2.05, 4.69) is 5.32 Å². The van der Waals surface area contributed by atoms with E-state index in [1.807, 2.05) is 51.1 Å². The van der Waals surface area contributed by atoms with Gasteiger partial charge >= 0.3 is 12.1 Å². The van der Waals surface area contributed by atoms with E-state index in [4.69, 9.17) is 4.74 Å². The summed E-state index contributed by atoms with van der Waals surface area (Å²) in [6, 6.07) is 9.38. The number of ether oxygens (including phenoxy) is 1. The molecule has 2 heterocycles. The monoisotopic (exact) mass is 375 g/mol. The molecule has 0 saturated carbocycles. The smallest absolute Gasteiger partial charge is 0.413 e. The van der Waals surface area contributed by atoms with Crippen molar-refractivity contribution in [3.05, 3.63) is 35.9 Å². The molecule has 0 aromatic heterocycles. The van der Waals surface area contributed by atoms with E-state index in [1.165, 1.54) is 4.90 Å². The second-order valence-electron chi connectivity index (χ2n) is 8.62. The van der Waals surface area contributed by atoms with E-state index in [0.717, 1.165) is 5.56 Å². The molecule has 3 amide bonds. The Morgan fingerprint density at radius 3 is 2.37 bits per heavy atom. The number of piperidine rings is 1. The van der Waals surface area contributed by atoms with Gasteiger partial charge in [0.05, 0.1) is 6.54 Å². The highest BCUT2D eigenvalue weighted by molar-refractivity contribution is 5.75. The first kappa shape index (κ1) is 19.5. The molecule has 1 spiro atoms. The number of hydrogen-bond donors (Lipinski definition) is 2. The summed E-state index contributed by atoms with van der Waals surface area (Å²) in [5, 5.41) is 14.2. The lowest BCUT2D eigenvalue weighted by atomic mass is 9.82. The van der Waals surface area contributed by atoms with Gasteiger partial charge in [-0.15, -0.1) is 0 Å². The van der Waals surface area contributed by atoms with E-state index in [-0.39, 0.29) is 18.1 Å². The van der Waals surface area contributed by atoms with Crippen LogP contribution in [0.2, 0.25) is 0 Å². The Morgan fingerprint density at radius 2 is 1.81 bits per heavy atom. The summed E-state index contributed by atoms with van der Waals surface area (Å²) >= 11 is 0. The molecule has 1 aromatic carbocycles. The van der Waals surface area contributed by atoms with Crippen molar-refractivity contribution in [3.8, 4) is 0 Å². The largest absolute Gasteiger partial charge is 0.437 e. The molecule has 2 N–H and O–H groups in total. The zero-order valence-electron chi connectivity index (χ0n) is 16.5. The summed E-state index contributed by atoms with van der Waals surface area (Å²) in [5.41, 5.74) is -1.83. The number of rotatable bonds is 2. The molecular weight excluding hydrogens is 346 g/mol. The number of aliphatic hydroxyl groups is 1. The average Bonchev–Trinajstić information content (AvgIpc) is 2.75. The van der Waals surface area contributed by atoms with E-state index >= 15 is 0 Å². The van der Waals surface area contributed by atoms with Crippen molar-refractivity contribution in [3.63, 3.8) is 0 Å². The quantitative estimate of drug-likeness (QED) is 0.833. The summed E-state index contributed by atoms with van der Waals surface area (Å²) in [4.78, 5) is 28.0. The van der Waals surface area contributed by atoms with Crippen LogP contribution in [0.3, 0.4) is 0 Å². The summed E-state index contributed by atoms with van der Waals surface area (Å²) < 4.78 is 5.70. The molecule has 0 bridgehead atoms. The summed E-state index contributed by atoms with van der Waals surface area (Å²) in [7, 11) is 0. The van der Waals surface area contributed by atoms with E-state index in [9.17, 15) is 14.7 Å². The molecule has 2 aliphatic heterocycles. The highest BCUT2D eigenvalue weighted by Gasteiger charge is 2.62. The van der Waals surface area contributed by atoms with Crippen molar-refractivity contribution >= 4 is 12.1 Å². The first-order valence-electron chi connectivity index (χ1n) is 9.38. The van der Waals surface area contributed by atoms with Crippen LogP contribution >= 0.6 is 0 Å². The molecule has 7 heteroatoms. The molecule has 7 nitrogen and oxygen atoms in total. The van der Waals surface area contributed by atoms with Crippen molar-refractivity contribution in [1.82, 2.24) is 15.1 Å². The van der Waals surface area contributed by atoms with Crippen LogP contribution in [0.15, 0.2) is 30.3 Å². The Balaban J connectivity index is 1.70. The van der Waals surface area contributed by atoms with E-state index in [1.54, 1.807) is 11.8 Å². The van der Waals surface area contributed by atoms with Crippen molar-refractivity contribution < 1.29 is 19.4 Å². The fourth-order valence-corrected chi connectivity index (χ4v) is 3.77. The highest BCUT2D eigenvalue weighted by atomic mass is 16.6. The van der Waals surface area contributed by atoms with Crippen LogP contribution < -0.4 is 5.32 Å². The number of nitrogens with one attached hydrogen (secondary N) is 1. The van der Waals surface area contributed by atoms with Gasteiger partial charge in [-0.1, -0.05) is 30.3 Å². The molecular formula is C20H29N3O4. The predicted molar refractivity (Wildman–Crippen MR) is 101 cm³/mol. The Bertz CT molecular complexity index is 704. The third-order valence-corrected chi connectivity index (χ3v) is 5.42. The number of amides is 3. The van der Waals surface area contributed by atoms with Gasteiger partial charge in [-0.2, -0.15) is 0 Å². The predicted octanol–water partition coefficient (Wildman–Crippen LogP) is 2.69. The number of likely N-dealkylation sites (tertiary alicyclic amines) is 1. The SMILES string of the molecule is CC(C)(C)NC(=O)N1CCC2(CC1)OC(=O)N(Cc1ccccc1)C2(C)O. The second kappa shape index (κ2) is 6.71. The van der Waals surface area contributed by atoms with Crippen LogP contribution in [0.25, 0.3) is 0 Å². The van der Waals surface area contributed by atoms with Crippen LogP contribution in [0, 0.1) is 0 Å². The molecule has 1 atom stereocenters. The molecule has 2 fully saturated rings. The lowest BCUT2D eigenvalue weighted by Crippen LogP contribution is -2.62. The van der Waals surface area contributed by atoms with Crippen molar-refractivity contribution in [2.45, 2.75) is 63.9 Å². The first-order valence-corrected chi connectivity index (χ1v) is 9.38. The van der Waals surface area contributed by atoms with Gasteiger partial charge in [-0.05, 0) is 33.3 Å². The minimum Gasteiger partial charge on any atom is -0.437 e. The zero-order valence-corrected chi connectivity index (χ0v) is 16.5. The number of nitrogens with zero attached hydrogens (tertiary/aromatic N) is 2. The molecule has 0 radical (unpaired) electrons. The first-order chi connectivity index (χ1) is 12.5. The summed E-state index contributed by atoms with van der Waals surface area (Å²) in [5.74, 6) is 0. The number of benzene rings is 1. The van der Waals surface area contributed by atoms with Crippen LogP contribution in [0.4, 0.5) is 9.59 Å². The fourth-order valence-electron chi connectivity index (χ4n) is 3.77. The number of urea groups is 1. The zero-order chi connectivity index (χ0) is 19.9. The normalized spacial score (nSPS) is 24.9. The fraction of sp³-hybridized carbons (Fsp3) is 0.600.